The quantitative estimate of drug-likeness (QED) is 0.0420. The lowest BCUT2D eigenvalue weighted by molar-refractivity contribution is -0.137. The largest absolute Gasteiger partial charge is 0.481 e. The molecule has 25 heteroatoms. The van der Waals surface area contributed by atoms with Crippen LogP contribution in [0, 0.1) is 0 Å². The number of likely N-dealkylation sites (N-methyl/N-ethyl adjacent to an activating group) is 1. The Morgan fingerprint density at radius 3 is 1.12 bits per heavy atom. The first-order valence-electron chi connectivity index (χ1n) is 30.8. The summed E-state index contributed by atoms with van der Waals surface area (Å²) in [6, 6.07) is 52.6. The van der Waals surface area contributed by atoms with Gasteiger partial charge in [-0.15, -0.1) is 0 Å². The standard InChI is InChI=1S/C26H24ClN5O3.C25H25ClN4O3.C23H23ClN4O3/c1-31(2)25-19(15-23(33)34)24(27)29-22(30-25)14-16-8-11-18(12-9-16)32(3)26(35)21-13-10-17-6-4-5-7-20(17)28-21;1-29(2)25-20(16-23(32)33)24(26)27-21(28-25)15-18-9-12-19(13-10-18)30(3)22(31)14-11-17-7-5-4-6-8-17;1-27(2)22-18(14-20(29)30)21(24)25-19(26-22)13-15-9-11-17(12-10-15)28(3)23(31)16-7-5-4-6-8-16/h4-13H,14-15H2,1-3H3,(H,33,34);4-14H,15-16H2,1-3H3,(H,32,33);4-12H,13-14H2,1-3H3,(H,29,30)/b;14-11+;. The lowest BCUT2D eigenvalue weighted by Gasteiger charge is -2.18. The van der Waals surface area contributed by atoms with Crippen molar-refractivity contribution >= 4 is 122 Å². The Bertz CT molecular complexity index is 4570. The monoisotopic (exact) mass is 1390 g/mol. The number of amides is 3. The van der Waals surface area contributed by atoms with Crippen molar-refractivity contribution in [2.45, 2.75) is 38.5 Å². The van der Waals surface area contributed by atoms with Crippen molar-refractivity contribution in [1.29, 1.82) is 0 Å². The summed E-state index contributed by atoms with van der Waals surface area (Å²) in [4.78, 5) is 112. The zero-order chi connectivity index (χ0) is 71.6. The first kappa shape index (κ1) is 73.6. The normalized spacial score (nSPS) is 10.8. The highest BCUT2D eigenvalue weighted by atomic mass is 35.5. The molecule has 6 aromatic carbocycles. The molecule has 0 atom stereocenters. The van der Waals surface area contributed by atoms with Crippen LogP contribution in [0.25, 0.3) is 17.0 Å². The number of anilines is 6. The number of pyridine rings is 1. The minimum absolute atomic E-state index is 0.0897. The molecule has 0 saturated carbocycles. The van der Waals surface area contributed by atoms with Crippen molar-refractivity contribution in [1.82, 2.24) is 34.9 Å². The Labute approximate surface area is 588 Å². The molecular weight excluding hydrogens is 1320 g/mol. The molecule has 0 aliphatic carbocycles. The molecule has 22 nitrogen and oxygen atoms in total. The van der Waals surface area contributed by atoms with Crippen molar-refractivity contribution < 1.29 is 44.1 Å². The minimum atomic E-state index is -1.00. The summed E-state index contributed by atoms with van der Waals surface area (Å²) >= 11 is 18.8. The zero-order valence-corrected chi connectivity index (χ0v) is 58.1. The van der Waals surface area contributed by atoms with Gasteiger partial charge in [0.1, 0.15) is 56.1 Å². The number of para-hydroxylation sites is 1. The first-order valence-corrected chi connectivity index (χ1v) is 31.9. The van der Waals surface area contributed by atoms with Crippen LogP contribution in [0.3, 0.4) is 0 Å². The number of carboxylic acid groups (broad SMARTS) is 3. The molecule has 3 N–H and O–H groups in total. The number of benzene rings is 6. The summed E-state index contributed by atoms with van der Waals surface area (Å²) in [5, 5.41) is 28.8. The number of nitrogens with zero attached hydrogens (tertiary/aromatic N) is 13. The third-order valence-electron chi connectivity index (χ3n) is 15.3. The fourth-order valence-corrected chi connectivity index (χ4v) is 10.9. The first-order chi connectivity index (χ1) is 47.2. The van der Waals surface area contributed by atoms with Crippen molar-refractivity contribution in [3.8, 4) is 0 Å². The van der Waals surface area contributed by atoms with Gasteiger partial charge in [-0.1, -0.05) is 144 Å². The maximum atomic E-state index is 13.0. The van der Waals surface area contributed by atoms with Crippen LogP contribution in [0.4, 0.5) is 34.5 Å². The second kappa shape index (κ2) is 34.1. The van der Waals surface area contributed by atoms with E-state index in [1.54, 1.807) is 123 Å². The minimum Gasteiger partial charge on any atom is -0.481 e. The van der Waals surface area contributed by atoms with Crippen molar-refractivity contribution in [2.75, 3.05) is 92.8 Å². The van der Waals surface area contributed by atoms with E-state index in [9.17, 15) is 28.8 Å². The smallest absolute Gasteiger partial charge is 0.308 e. The zero-order valence-electron chi connectivity index (χ0n) is 55.8. The number of aromatic nitrogens is 7. The Hall–Kier alpha value is -11.2. The summed E-state index contributed by atoms with van der Waals surface area (Å²) in [5.41, 5.74) is 8.92. The van der Waals surface area contributed by atoms with Gasteiger partial charge >= 0.3 is 17.9 Å². The Morgan fingerprint density at radius 2 is 0.737 bits per heavy atom. The van der Waals surface area contributed by atoms with E-state index < -0.39 is 17.9 Å². The fourth-order valence-electron chi connectivity index (χ4n) is 10.1. The molecule has 0 spiro atoms. The maximum absolute atomic E-state index is 13.0. The van der Waals surface area contributed by atoms with Gasteiger partial charge in [-0.25, -0.2) is 34.9 Å². The van der Waals surface area contributed by atoms with Crippen LogP contribution in [0.1, 0.15) is 77.3 Å². The number of fused-ring (bicyclic) bond motifs is 1. The number of carboxylic acids is 3. The second-order valence-corrected chi connectivity index (χ2v) is 24.3. The second-order valence-electron chi connectivity index (χ2n) is 23.2. The SMILES string of the molecule is CN(C)c1nc(Cc2ccc(N(C)C(=O)/C=C/c3ccccc3)cc2)nc(Cl)c1CC(=O)O.CN(C)c1nc(Cc2ccc(N(C)C(=O)c3ccc4ccccc4n3)cc2)nc(Cl)c1CC(=O)O.CN(C)c1nc(Cc2ccc(N(C)C(=O)c3ccccc3)cc2)nc(Cl)c1CC(=O)O. The topological polar surface area (TPSA) is 273 Å². The highest BCUT2D eigenvalue weighted by Gasteiger charge is 2.23. The van der Waals surface area contributed by atoms with Crippen molar-refractivity contribution in [3.05, 3.63) is 259 Å². The van der Waals surface area contributed by atoms with E-state index in [1.165, 1.54) is 0 Å². The summed E-state index contributed by atoms with van der Waals surface area (Å²) < 4.78 is 0. The van der Waals surface area contributed by atoms with Gasteiger partial charge in [0.05, 0.1) is 24.8 Å². The average molecular weight is 1390 g/mol. The van der Waals surface area contributed by atoms with Gasteiger partial charge in [-0.05, 0) is 89.0 Å². The van der Waals surface area contributed by atoms with Crippen LogP contribution in [0.5, 0.6) is 0 Å². The van der Waals surface area contributed by atoms with Crippen LogP contribution in [0.15, 0.2) is 176 Å². The van der Waals surface area contributed by atoms with Gasteiger partial charge in [0.15, 0.2) is 0 Å². The molecule has 3 amide bonds. The number of rotatable bonds is 22. The van der Waals surface area contributed by atoms with Crippen LogP contribution < -0.4 is 29.4 Å². The third-order valence-corrected chi connectivity index (χ3v) is 16.2. The molecule has 4 heterocycles. The van der Waals surface area contributed by atoms with Crippen LogP contribution >= 0.6 is 34.8 Å². The molecule has 10 aromatic rings. The molecule has 508 valence electrons. The molecule has 0 aliphatic heterocycles. The molecule has 0 fully saturated rings. The van der Waals surface area contributed by atoms with E-state index in [0.29, 0.717) is 82.1 Å². The molecule has 0 unspecified atom stereocenters. The lowest BCUT2D eigenvalue weighted by Crippen LogP contribution is -2.27. The molecule has 4 aromatic heterocycles. The number of hydrogen-bond donors (Lipinski definition) is 3. The van der Waals surface area contributed by atoms with Gasteiger partial charge in [0.2, 0.25) is 0 Å². The predicted molar refractivity (Wildman–Crippen MR) is 388 cm³/mol. The number of carbonyl (C=O) groups is 6. The number of hydrogen-bond acceptors (Lipinski definition) is 16. The van der Waals surface area contributed by atoms with E-state index in [1.807, 2.05) is 152 Å². The van der Waals surface area contributed by atoms with Crippen LogP contribution in [-0.4, -0.2) is 149 Å². The van der Waals surface area contributed by atoms with E-state index in [4.69, 9.17) is 50.1 Å². The summed E-state index contributed by atoms with van der Waals surface area (Å²) in [6.45, 7) is 0. The number of halogens is 3. The maximum Gasteiger partial charge on any atom is 0.308 e. The molecule has 0 radical (unpaired) electrons. The molecule has 0 aliphatic rings. The van der Waals surface area contributed by atoms with E-state index in [0.717, 1.165) is 50.2 Å². The van der Waals surface area contributed by atoms with Crippen LogP contribution in [-0.2, 0) is 57.7 Å². The fraction of sp³-hybridized carbons (Fsp3) is 0.203. The van der Waals surface area contributed by atoms with Gasteiger partial charge < -0.3 is 44.7 Å². The van der Waals surface area contributed by atoms with Gasteiger partial charge in [-0.3, -0.25) is 28.8 Å². The van der Waals surface area contributed by atoms with Crippen LogP contribution in [0.2, 0.25) is 15.5 Å². The van der Waals surface area contributed by atoms with Gasteiger partial charge in [0, 0.05) is 133 Å². The van der Waals surface area contributed by atoms with Gasteiger partial charge in [-0.2, -0.15) is 0 Å². The highest BCUT2D eigenvalue weighted by molar-refractivity contribution is 6.31. The number of aliphatic carboxylic acids is 3. The summed E-state index contributed by atoms with van der Waals surface area (Å²) in [6.07, 6.45) is 3.81. The van der Waals surface area contributed by atoms with Crippen molar-refractivity contribution in [3.63, 3.8) is 0 Å². The predicted octanol–water partition coefficient (Wildman–Crippen LogP) is 12.0. The Morgan fingerprint density at radius 1 is 0.384 bits per heavy atom. The van der Waals surface area contributed by atoms with Crippen molar-refractivity contribution in [2.24, 2.45) is 0 Å². The average Bonchev–Trinajstić information content (AvgIpc) is 0.830. The molecule has 99 heavy (non-hydrogen) atoms. The Balaban J connectivity index is 0.000000190. The molecule has 0 bridgehead atoms. The Kier molecular flexibility index (Phi) is 25.4. The summed E-state index contributed by atoms with van der Waals surface area (Å²) in [5.74, 6) is -0.512. The lowest BCUT2D eigenvalue weighted by atomic mass is 10.1. The highest BCUT2D eigenvalue weighted by Crippen LogP contribution is 2.30. The third kappa shape index (κ3) is 20.2. The molecule has 10 rings (SSSR count). The number of carbonyl (C=O) groups excluding carboxylic acids is 3. The van der Waals surface area contributed by atoms with E-state index in [2.05, 4.69) is 34.9 Å². The molecule has 0 saturated heterocycles. The van der Waals surface area contributed by atoms with Gasteiger partial charge in [0.25, 0.3) is 17.7 Å². The summed E-state index contributed by atoms with van der Waals surface area (Å²) in [7, 11) is 15.8. The van der Waals surface area contributed by atoms with E-state index in [-0.39, 0.29) is 52.4 Å². The molecular formula is C74H72Cl3N13O9. The van der Waals surface area contributed by atoms with E-state index >= 15 is 0 Å².